The van der Waals surface area contributed by atoms with Gasteiger partial charge in [-0.15, -0.1) is 0 Å². The fourth-order valence-electron chi connectivity index (χ4n) is 4.62. The van der Waals surface area contributed by atoms with E-state index >= 15 is 0 Å². The van der Waals surface area contributed by atoms with Gasteiger partial charge in [-0.25, -0.2) is 4.39 Å². The van der Waals surface area contributed by atoms with E-state index in [0.717, 1.165) is 29.5 Å². The van der Waals surface area contributed by atoms with Gasteiger partial charge in [0.15, 0.2) is 0 Å². The van der Waals surface area contributed by atoms with Gasteiger partial charge in [-0.2, -0.15) is 0 Å². The molecule has 0 N–H and O–H groups in total. The van der Waals surface area contributed by atoms with Crippen LogP contribution < -0.4 is 4.90 Å². The molecule has 2 saturated heterocycles. The summed E-state index contributed by atoms with van der Waals surface area (Å²) in [4.78, 5) is 17.6. The molecule has 0 spiro atoms. The van der Waals surface area contributed by atoms with Gasteiger partial charge >= 0.3 is 0 Å². The number of carbonyl (C=O) groups is 1. The minimum atomic E-state index is -0.318. The van der Waals surface area contributed by atoms with Gasteiger partial charge in [0.1, 0.15) is 11.5 Å². The predicted octanol–water partition coefficient (Wildman–Crippen LogP) is 4.45. The minimum Gasteiger partial charge on any atom is -0.378 e. The number of aromatic nitrogens is 1. The van der Waals surface area contributed by atoms with Crippen LogP contribution in [0.4, 0.5) is 10.3 Å². The largest absolute Gasteiger partial charge is 0.378 e. The number of ether oxygens (including phenoxy) is 2. The molecule has 2 aliphatic rings. The van der Waals surface area contributed by atoms with Crippen LogP contribution in [0.3, 0.4) is 0 Å². The number of anilines is 1. The van der Waals surface area contributed by atoms with Crippen LogP contribution in [0.1, 0.15) is 34.3 Å². The Morgan fingerprint density at radius 1 is 1.09 bits per heavy atom. The lowest BCUT2D eigenvalue weighted by molar-refractivity contribution is 0.0507. The number of hydrogen-bond acceptors (Lipinski definition) is 6. The van der Waals surface area contributed by atoms with Crippen molar-refractivity contribution in [2.45, 2.75) is 32.4 Å². The number of carbonyl (C=O) groups excluding carboxylic acids is 1. The second kappa shape index (κ2) is 10.6. The predicted molar refractivity (Wildman–Crippen MR) is 130 cm³/mol. The Morgan fingerprint density at radius 3 is 2.51 bits per heavy atom. The van der Waals surface area contributed by atoms with E-state index in [1.807, 2.05) is 36.1 Å². The summed E-state index contributed by atoms with van der Waals surface area (Å²) in [6.45, 7) is 6.01. The van der Waals surface area contributed by atoms with Gasteiger partial charge in [-0.3, -0.25) is 4.79 Å². The third kappa shape index (κ3) is 5.39. The summed E-state index contributed by atoms with van der Waals surface area (Å²) in [5, 5.41) is 4.37. The summed E-state index contributed by atoms with van der Waals surface area (Å²) in [5.74, 6) is 0.239. The number of hydrogen-bond donors (Lipinski definition) is 0. The maximum Gasteiger partial charge on any atom is 0.254 e. The number of aryl methyl sites for hydroxylation is 1. The zero-order valence-corrected chi connectivity index (χ0v) is 19.9. The number of nitrogens with zero attached hydrogens (tertiary/aromatic N) is 3. The quantitative estimate of drug-likeness (QED) is 0.499. The molecule has 2 aliphatic heterocycles. The number of rotatable bonds is 7. The van der Waals surface area contributed by atoms with Crippen LogP contribution in [-0.2, 0) is 16.0 Å². The number of amides is 1. The van der Waals surface area contributed by atoms with Crippen LogP contribution in [0.25, 0.3) is 11.3 Å². The molecule has 1 atom stereocenters. The normalized spacial score (nSPS) is 18.1. The van der Waals surface area contributed by atoms with E-state index in [0.29, 0.717) is 63.1 Å². The first kappa shape index (κ1) is 23.5. The molecule has 0 bridgehead atoms. The molecule has 3 heterocycles. The molecule has 2 fully saturated rings. The van der Waals surface area contributed by atoms with Crippen LogP contribution in [-0.4, -0.2) is 61.5 Å². The zero-order valence-electron chi connectivity index (χ0n) is 19.9. The average Bonchev–Trinajstić information content (AvgIpc) is 3.55. The molecule has 8 heteroatoms. The molecule has 2 aromatic carbocycles. The van der Waals surface area contributed by atoms with Gasteiger partial charge in [-0.05, 0) is 56.2 Å². The lowest BCUT2D eigenvalue weighted by Crippen LogP contribution is -2.39. The van der Waals surface area contributed by atoms with Gasteiger partial charge in [-0.1, -0.05) is 22.9 Å². The fraction of sp³-hybridized carbons (Fsp3) is 0.407. The first-order valence-electron chi connectivity index (χ1n) is 12.1. The standard InChI is InChI=1S/C27H30FN3O4/c1-19-4-6-21(7-5-19)26(32)31(17-23-3-2-14-34-23)18-24-25(20-8-10-22(28)11-9-20)29-35-27(24)30-12-15-33-16-13-30/h4-11,23H,2-3,12-18H2,1H3/t23-/m0/s1. The second-order valence-electron chi connectivity index (χ2n) is 9.11. The van der Waals surface area contributed by atoms with E-state index in [-0.39, 0.29) is 17.8 Å². The topological polar surface area (TPSA) is 68.0 Å². The molecule has 0 unspecified atom stereocenters. The van der Waals surface area contributed by atoms with E-state index in [1.54, 1.807) is 12.1 Å². The highest BCUT2D eigenvalue weighted by atomic mass is 19.1. The van der Waals surface area contributed by atoms with Gasteiger partial charge in [0, 0.05) is 37.4 Å². The molecule has 3 aromatic rings. The number of morpholine rings is 1. The summed E-state index contributed by atoms with van der Waals surface area (Å²) >= 11 is 0. The Kier molecular flexibility index (Phi) is 7.11. The first-order chi connectivity index (χ1) is 17.1. The molecule has 0 aliphatic carbocycles. The molecule has 1 aromatic heterocycles. The Balaban J connectivity index is 1.52. The molecule has 7 nitrogen and oxygen atoms in total. The highest BCUT2D eigenvalue weighted by Gasteiger charge is 2.30. The van der Waals surface area contributed by atoms with Crippen LogP contribution in [0, 0.1) is 12.7 Å². The minimum absolute atomic E-state index is 0.00892. The summed E-state index contributed by atoms with van der Waals surface area (Å²) < 4.78 is 30.9. The van der Waals surface area contributed by atoms with E-state index in [1.165, 1.54) is 12.1 Å². The number of halogens is 1. The van der Waals surface area contributed by atoms with Crippen LogP contribution in [0.5, 0.6) is 0 Å². The van der Waals surface area contributed by atoms with Crippen molar-refractivity contribution in [1.82, 2.24) is 10.1 Å². The SMILES string of the molecule is Cc1ccc(C(=O)N(Cc2c(-c3ccc(F)cc3)noc2N2CCOCC2)C[C@@H]2CCCO2)cc1. The highest BCUT2D eigenvalue weighted by molar-refractivity contribution is 5.94. The first-order valence-corrected chi connectivity index (χ1v) is 12.1. The van der Waals surface area contributed by atoms with Crippen molar-refractivity contribution >= 4 is 11.8 Å². The van der Waals surface area contributed by atoms with Gasteiger partial charge < -0.3 is 23.8 Å². The van der Waals surface area contributed by atoms with Crippen LogP contribution in [0.2, 0.25) is 0 Å². The van der Waals surface area contributed by atoms with Crippen LogP contribution in [0.15, 0.2) is 53.1 Å². The van der Waals surface area contributed by atoms with Crippen molar-refractivity contribution in [3.8, 4) is 11.3 Å². The van der Waals surface area contributed by atoms with E-state index in [9.17, 15) is 9.18 Å². The third-order valence-electron chi connectivity index (χ3n) is 6.57. The Labute approximate surface area is 204 Å². The zero-order chi connectivity index (χ0) is 24.2. The number of benzene rings is 2. The summed E-state index contributed by atoms with van der Waals surface area (Å²) in [6, 6.07) is 13.8. The van der Waals surface area contributed by atoms with Crippen molar-refractivity contribution in [1.29, 1.82) is 0 Å². The van der Waals surface area contributed by atoms with Gasteiger partial charge in [0.2, 0.25) is 5.88 Å². The monoisotopic (exact) mass is 479 g/mol. The average molecular weight is 480 g/mol. The fourth-order valence-corrected chi connectivity index (χ4v) is 4.62. The third-order valence-corrected chi connectivity index (χ3v) is 6.57. The summed E-state index contributed by atoms with van der Waals surface area (Å²) in [6.07, 6.45) is 1.90. The Hall–Kier alpha value is -3.23. The highest BCUT2D eigenvalue weighted by Crippen LogP contribution is 2.34. The van der Waals surface area contributed by atoms with Crippen molar-refractivity contribution < 1.29 is 23.2 Å². The van der Waals surface area contributed by atoms with Crippen molar-refractivity contribution in [2.75, 3.05) is 44.4 Å². The lowest BCUT2D eigenvalue weighted by Gasteiger charge is -2.29. The lowest BCUT2D eigenvalue weighted by atomic mass is 10.0. The molecule has 0 radical (unpaired) electrons. The Bertz CT molecular complexity index is 1130. The molecule has 0 saturated carbocycles. The van der Waals surface area contributed by atoms with Gasteiger partial charge in [0.25, 0.3) is 5.91 Å². The van der Waals surface area contributed by atoms with E-state index in [2.05, 4.69) is 10.1 Å². The molecular formula is C27H30FN3O4. The van der Waals surface area contributed by atoms with Crippen molar-refractivity contribution in [2.24, 2.45) is 0 Å². The van der Waals surface area contributed by atoms with E-state index in [4.69, 9.17) is 14.0 Å². The Morgan fingerprint density at radius 2 is 1.83 bits per heavy atom. The summed E-state index contributed by atoms with van der Waals surface area (Å²) in [5.41, 5.74) is 3.88. The molecule has 184 valence electrons. The maximum atomic E-state index is 13.7. The molecular weight excluding hydrogens is 449 g/mol. The second-order valence-corrected chi connectivity index (χ2v) is 9.11. The smallest absolute Gasteiger partial charge is 0.254 e. The van der Waals surface area contributed by atoms with E-state index < -0.39 is 0 Å². The molecule has 1 amide bonds. The van der Waals surface area contributed by atoms with Crippen molar-refractivity contribution in [3.05, 3.63) is 71.0 Å². The summed E-state index contributed by atoms with van der Waals surface area (Å²) in [7, 11) is 0. The van der Waals surface area contributed by atoms with Gasteiger partial charge in [0.05, 0.1) is 31.4 Å². The van der Waals surface area contributed by atoms with Crippen molar-refractivity contribution in [3.63, 3.8) is 0 Å². The maximum absolute atomic E-state index is 13.7. The molecule has 5 rings (SSSR count). The van der Waals surface area contributed by atoms with Crippen LogP contribution >= 0.6 is 0 Å². The molecule has 35 heavy (non-hydrogen) atoms.